The maximum Gasteiger partial charge on any atom is 0.125 e. The Morgan fingerprint density at radius 1 is 1.15 bits per heavy atom. The number of anilines is 1. The van der Waals surface area contributed by atoms with E-state index in [0.717, 1.165) is 11.3 Å². The Labute approximate surface area is 123 Å². The van der Waals surface area contributed by atoms with Crippen molar-refractivity contribution in [2.45, 2.75) is 45.6 Å². The summed E-state index contributed by atoms with van der Waals surface area (Å²) in [5.74, 6) is -0.176. The molecule has 1 N–H and O–H groups in total. The highest BCUT2D eigenvalue weighted by Crippen LogP contribution is 2.34. The molecule has 3 heteroatoms. The second kappa shape index (κ2) is 5.57. The zero-order valence-corrected chi connectivity index (χ0v) is 12.8. The van der Waals surface area contributed by atoms with Gasteiger partial charge in [-0.05, 0) is 74.9 Å². The fraction of sp³-hybridized carbons (Fsp3) is 0.412. The minimum Gasteiger partial charge on any atom is -0.378 e. The van der Waals surface area contributed by atoms with Crippen LogP contribution in [0.2, 0.25) is 0 Å². The summed E-state index contributed by atoms with van der Waals surface area (Å²) in [6, 6.07) is 7.68. The molecule has 0 bridgehead atoms. The molecule has 0 aliphatic heterocycles. The predicted molar refractivity (Wildman–Crippen MR) is 84.1 cm³/mol. The topological polar surface area (TPSA) is 12.0 Å². The first-order valence-corrected chi connectivity index (χ1v) is 8.08. The van der Waals surface area contributed by atoms with Crippen molar-refractivity contribution in [1.29, 1.82) is 0 Å². The standard InChI is InChI=1S/C17H20FNS/c1-11-7-14(18)10-15(8-11)19-12(2)17-9-13-5-3-4-6-16(13)20-17/h7-10,12,19H,3-6H2,1-2H3. The Hall–Kier alpha value is -1.35. The van der Waals surface area contributed by atoms with Gasteiger partial charge in [-0.2, -0.15) is 0 Å². The first-order valence-electron chi connectivity index (χ1n) is 7.27. The van der Waals surface area contributed by atoms with E-state index >= 15 is 0 Å². The summed E-state index contributed by atoms with van der Waals surface area (Å²) in [6.07, 6.45) is 5.08. The fourth-order valence-corrected chi connectivity index (χ4v) is 4.13. The molecular weight excluding hydrogens is 269 g/mol. The molecule has 0 saturated heterocycles. The molecule has 1 aliphatic carbocycles. The van der Waals surface area contributed by atoms with Gasteiger partial charge < -0.3 is 5.32 Å². The Kier molecular flexibility index (Phi) is 3.79. The van der Waals surface area contributed by atoms with Crippen LogP contribution in [0.5, 0.6) is 0 Å². The van der Waals surface area contributed by atoms with E-state index in [-0.39, 0.29) is 11.9 Å². The van der Waals surface area contributed by atoms with Gasteiger partial charge in [-0.15, -0.1) is 11.3 Å². The third-order valence-electron chi connectivity index (χ3n) is 3.87. The molecule has 3 rings (SSSR count). The van der Waals surface area contributed by atoms with Gasteiger partial charge >= 0.3 is 0 Å². The van der Waals surface area contributed by atoms with Crippen molar-refractivity contribution < 1.29 is 4.39 Å². The minimum absolute atomic E-state index is 0.176. The van der Waals surface area contributed by atoms with Crippen LogP contribution in [0.1, 0.15) is 46.7 Å². The van der Waals surface area contributed by atoms with E-state index in [1.165, 1.54) is 36.1 Å². The van der Waals surface area contributed by atoms with Crippen LogP contribution in [0.4, 0.5) is 10.1 Å². The molecule has 0 fully saturated rings. The number of nitrogens with one attached hydrogen (secondary N) is 1. The summed E-state index contributed by atoms with van der Waals surface area (Å²) in [7, 11) is 0. The molecule has 2 aromatic rings. The highest BCUT2D eigenvalue weighted by atomic mass is 32.1. The number of halogens is 1. The molecule has 1 aromatic carbocycles. The number of benzene rings is 1. The van der Waals surface area contributed by atoms with Crippen LogP contribution in [0.25, 0.3) is 0 Å². The third kappa shape index (κ3) is 2.88. The van der Waals surface area contributed by atoms with Gasteiger partial charge in [0.1, 0.15) is 5.82 Å². The monoisotopic (exact) mass is 289 g/mol. The summed E-state index contributed by atoms with van der Waals surface area (Å²) in [6.45, 7) is 4.07. The SMILES string of the molecule is Cc1cc(F)cc(NC(C)c2cc3c(s2)CCCC3)c1. The lowest BCUT2D eigenvalue weighted by molar-refractivity contribution is 0.626. The van der Waals surface area contributed by atoms with Crippen LogP contribution in [0, 0.1) is 12.7 Å². The maximum absolute atomic E-state index is 13.4. The molecule has 1 aromatic heterocycles. The van der Waals surface area contributed by atoms with Gasteiger partial charge in [0.25, 0.3) is 0 Å². The summed E-state index contributed by atoms with van der Waals surface area (Å²) in [4.78, 5) is 2.91. The zero-order chi connectivity index (χ0) is 14.1. The molecule has 1 heterocycles. The van der Waals surface area contributed by atoms with Crippen LogP contribution in [0.15, 0.2) is 24.3 Å². The molecule has 0 amide bonds. The summed E-state index contributed by atoms with van der Waals surface area (Å²) >= 11 is 1.91. The summed E-state index contributed by atoms with van der Waals surface area (Å²) in [5, 5.41) is 3.42. The van der Waals surface area contributed by atoms with Crippen molar-refractivity contribution in [2.24, 2.45) is 0 Å². The number of fused-ring (bicyclic) bond motifs is 1. The number of aryl methyl sites for hydroxylation is 3. The van der Waals surface area contributed by atoms with Gasteiger partial charge in [0.2, 0.25) is 0 Å². The van der Waals surface area contributed by atoms with Crippen molar-refractivity contribution in [1.82, 2.24) is 0 Å². The Bertz CT molecular complexity index is 574. The number of hydrogen-bond acceptors (Lipinski definition) is 2. The average molecular weight is 289 g/mol. The first-order chi connectivity index (χ1) is 9.61. The van der Waals surface area contributed by atoms with E-state index < -0.39 is 0 Å². The lowest BCUT2D eigenvalue weighted by Gasteiger charge is -2.14. The largest absolute Gasteiger partial charge is 0.378 e. The molecule has 0 spiro atoms. The van der Waals surface area contributed by atoms with Gasteiger partial charge in [0.15, 0.2) is 0 Å². The fourth-order valence-electron chi connectivity index (χ4n) is 2.87. The quantitative estimate of drug-likeness (QED) is 0.814. The lowest BCUT2D eigenvalue weighted by atomic mass is 9.99. The molecule has 0 radical (unpaired) electrons. The van der Waals surface area contributed by atoms with Gasteiger partial charge in [-0.3, -0.25) is 0 Å². The average Bonchev–Trinajstić information content (AvgIpc) is 2.81. The van der Waals surface area contributed by atoms with E-state index in [9.17, 15) is 4.39 Å². The maximum atomic E-state index is 13.4. The Morgan fingerprint density at radius 2 is 1.95 bits per heavy atom. The number of hydrogen-bond donors (Lipinski definition) is 1. The van der Waals surface area contributed by atoms with E-state index in [4.69, 9.17) is 0 Å². The van der Waals surface area contributed by atoms with E-state index in [0.29, 0.717) is 0 Å². The predicted octanol–water partition coefficient (Wildman–Crippen LogP) is 5.25. The van der Waals surface area contributed by atoms with Gasteiger partial charge in [0.05, 0.1) is 6.04 Å². The molecule has 1 nitrogen and oxygen atoms in total. The summed E-state index contributed by atoms with van der Waals surface area (Å²) in [5.41, 5.74) is 3.34. The molecule has 1 unspecified atom stereocenters. The normalized spacial score (nSPS) is 15.8. The third-order valence-corrected chi connectivity index (χ3v) is 5.29. The lowest BCUT2D eigenvalue weighted by Crippen LogP contribution is -2.05. The molecule has 20 heavy (non-hydrogen) atoms. The highest BCUT2D eigenvalue weighted by molar-refractivity contribution is 7.12. The van der Waals surface area contributed by atoms with Crippen molar-refractivity contribution in [2.75, 3.05) is 5.32 Å². The highest BCUT2D eigenvalue weighted by Gasteiger charge is 2.16. The van der Waals surface area contributed by atoms with Crippen LogP contribution < -0.4 is 5.32 Å². The first kappa shape index (κ1) is 13.6. The van der Waals surface area contributed by atoms with Crippen LogP contribution in [-0.2, 0) is 12.8 Å². The summed E-state index contributed by atoms with van der Waals surface area (Å²) < 4.78 is 13.4. The Balaban J connectivity index is 1.78. The van der Waals surface area contributed by atoms with Crippen LogP contribution in [0.3, 0.4) is 0 Å². The van der Waals surface area contributed by atoms with Crippen molar-refractivity contribution in [3.05, 3.63) is 51.0 Å². The minimum atomic E-state index is -0.176. The molecule has 106 valence electrons. The van der Waals surface area contributed by atoms with Crippen molar-refractivity contribution in [3.63, 3.8) is 0 Å². The number of rotatable bonds is 3. The second-order valence-corrected chi connectivity index (χ2v) is 6.86. The van der Waals surface area contributed by atoms with Crippen LogP contribution in [-0.4, -0.2) is 0 Å². The molecule has 0 saturated carbocycles. The molecule has 1 atom stereocenters. The Morgan fingerprint density at radius 3 is 2.70 bits per heavy atom. The van der Waals surface area contributed by atoms with E-state index in [1.54, 1.807) is 17.0 Å². The van der Waals surface area contributed by atoms with Crippen molar-refractivity contribution >= 4 is 17.0 Å². The van der Waals surface area contributed by atoms with Gasteiger partial charge in [-0.1, -0.05) is 0 Å². The smallest absolute Gasteiger partial charge is 0.125 e. The number of thiophene rings is 1. The zero-order valence-electron chi connectivity index (χ0n) is 12.0. The molecular formula is C17H20FNS. The molecule has 1 aliphatic rings. The van der Waals surface area contributed by atoms with E-state index in [2.05, 4.69) is 18.3 Å². The van der Waals surface area contributed by atoms with E-state index in [1.807, 2.05) is 24.3 Å². The second-order valence-electron chi connectivity index (χ2n) is 5.69. The van der Waals surface area contributed by atoms with Gasteiger partial charge in [0, 0.05) is 15.4 Å². The van der Waals surface area contributed by atoms with Crippen LogP contribution >= 0.6 is 11.3 Å². The van der Waals surface area contributed by atoms with Crippen molar-refractivity contribution in [3.8, 4) is 0 Å². The van der Waals surface area contributed by atoms with Gasteiger partial charge in [-0.25, -0.2) is 4.39 Å².